The molecule has 1 heterocycles. The summed E-state index contributed by atoms with van der Waals surface area (Å²) >= 11 is 0. The Labute approximate surface area is 110 Å². The van der Waals surface area contributed by atoms with Crippen LogP contribution < -0.4 is 0 Å². The van der Waals surface area contributed by atoms with Crippen LogP contribution >= 0.6 is 0 Å². The minimum absolute atomic E-state index is 0.326. The fourth-order valence-electron chi connectivity index (χ4n) is 2.00. The Morgan fingerprint density at radius 2 is 2.26 bits per heavy atom. The van der Waals surface area contributed by atoms with Crippen molar-refractivity contribution >= 4 is 12.3 Å². The van der Waals surface area contributed by atoms with Gasteiger partial charge in [-0.05, 0) is 23.6 Å². The Bertz CT molecular complexity index is 617. The molecule has 1 N–H and O–H groups in total. The summed E-state index contributed by atoms with van der Waals surface area (Å²) in [6, 6.07) is 5.23. The summed E-state index contributed by atoms with van der Waals surface area (Å²) in [4.78, 5) is 25.8. The maximum absolute atomic E-state index is 11.0. The quantitative estimate of drug-likeness (QED) is 0.832. The van der Waals surface area contributed by atoms with E-state index in [0.717, 1.165) is 17.4 Å². The number of aryl methyl sites for hydroxylation is 1. The fourth-order valence-corrected chi connectivity index (χ4v) is 2.00. The van der Waals surface area contributed by atoms with Gasteiger partial charge in [0.05, 0.1) is 18.1 Å². The molecule has 0 saturated carbocycles. The maximum atomic E-state index is 11.0. The van der Waals surface area contributed by atoms with Gasteiger partial charge >= 0.3 is 5.97 Å². The highest BCUT2D eigenvalue weighted by molar-refractivity contribution is 5.89. The van der Waals surface area contributed by atoms with E-state index in [9.17, 15) is 9.59 Å². The van der Waals surface area contributed by atoms with E-state index in [0.29, 0.717) is 24.2 Å². The maximum Gasteiger partial charge on any atom is 0.335 e. The van der Waals surface area contributed by atoms with Crippen LogP contribution in [0.15, 0.2) is 30.7 Å². The fraction of sp³-hybridized carbons (Fsp3) is 0.214. The Morgan fingerprint density at radius 1 is 1.47 bits per heavy atom. The molecule has 1 aromatic heterocycles. The number of nitrogens with zero attached hydrogens (tertiary/aromatic N) is 2. The third-order valence-electron chi connectivity index (χ3n) is 3.00. The number of carbonyl (C=O) groups is 2. The minimum Gasteiger partial charge on any atom is -0.478 e. The predicted molar refractivity (Wildman–Crippen MR) is 69.5 cm³/mol. The smallest absolute Gasteiger partial charge is 0.335 e. The second-order valence-corrected chi connectivity index (χ2v) is 4.21. The van der Waals surface area contributed by atoms with Crippen molar-refractivity contribution in [3.8, 4) is 0 Å². The summed E-state index contributed by atoms with van der Waals surface area (Å²) in [6.07, 6.45) is 4.49. The number of hydrogen-bond acceptors (Lipinski definition) is 3. The molecule has 2 rings (SSSR count). The van der Waals surface area contributed by atoms with Gasteiger partial charge in [-0.15, -0.1) is 0 Å². The number of aromatic carboxylic acids is 1. The van der Waals surface area contributed by atoms with Crippen LogP contribution in [0, 0.1) is 0 Å². The molecule has 0 spiro atoms. The van der Waals surface area contributed by atoms with Crippen LogP contribution in [0.1, 0.15) is 38.9 Å². The van der Waals surface area contributed by atoms with E-state index in [2.05, 4.69) is 4.98 Å². The Kier molecular flexibility index (Phi) is 3.75. The topological polar surface area (TPSA) is 72.2 Å². The minimum atomic E-state index is -0.917. The van der Waals surface area contributed by atoms with E-state index in [-0.39, 0.29) is 0 Å². The summed E-state index contributed by atoms with van der Waals surface area (Å²) < 4.78 is 1.72. The van der Waals surface area contributed by atoms with Crippen molar-refractivity contribution < 1.29 is 14.7 Å². The molecule has 19 heavy (non-hydrogen) atoms. The highest BCUT2D eigenvalue weighted by Crippen LogP contribution is 2.14. The van der Waals surface area contributed by atoms with Crippen molar-refractivity contribution in [3.05, 3.63) is 53.1 Å². The standard InChI is InChI=1S/C14H14N2O3/c1-2-11-5-10(3-4-13(11)14(18)19)7-16-9-15-6-12(16)8-17/h3-6,8-9H,2,7H2,1H3,(H,18,19). The highest BCUT2D eigenvalue weighted by Gasteiger charge is 2.10. The molecule has 5 heteroatoms. The molecule has 0 amide bonds. The second-order valence-electron chi connectivity index (χ2n) is 4.21. The molecule has 0 radical (unpaired) electrons. The van der Waals surface area contributed by atoms with Crippen molar-refractivity contribution in [2.45, 2.75) is 19.9 Å². The predicted octanol–water partition coefficient (Wildman–Crippen LogP) is 2.00. The number of carbonyl (C=O) groups excluding carboxylic acids is 1. The first-order valence-corrected chi connectivity index (χ1v) is 5.96. The van der Waals surface area contributed by atoms with Crippen LogP contribution in [0.3, 0.4) is 0 Å². The molecule has 0 saturated heterocycles. The molecule has 0 aliphatic heterocycles. The third-order valence-corrected chi connectivity index (χ3v) is 3.00. The lowest BCUT2D eigenvalue weighted by molar-refractivity contribution is 0.0695. The summed E-state index contributed by atoms with van der Waals surface area (Å²) in [6.45, 7) is 2.42. The summed E-state index contributed by atoms with van der Waals surface area (Å²) in [7, 11) is 0. The van der Waals surface area contributed by atoms with Gasteiger partial charge in [-0.2, -0.15) is 0 Å². The summed E-state index contributed by atoms with van der Waals surface area (Å²) in [5.74, 6) is -0.917. The van der Waals surface area contributed by atoms with E-state index >= 15 is 0 Å². The lowest BCUT2D eigenvalue weighted by Gasteiger charge is -2.09. The highest BCUT2D eigenvalue weighted by atomic mass is 16.4. The average Bonchev–Trinajstić information content (AvgIpc) is 2.85. The zero-order valence-corrected chi connectivity index (χ0v) is 10.5. The molecule has 98 valence electrons. The van der Waals surface area contributed by atoms with E-state index in [4.69, 9.17) is 5.11 Å². The van der Waals surface area contributed by atoms with Crippen LogP contribution in [0.2, 0.25) is 0 Å². The second kappa shape index (κ2) is 5.48. The van der Waals surface area contributed by atoms with Crippen molar-refractivity contribution in [2.75, 3.05) is 0 Å². The monoisotopic (exact) mass is 258 g/mol. The van der Waals surface area contributed by atoms with Gasteiger partial charge in [-0.1, -0.05) is 19.1 Å². The molecule has 0 unspecified atom stereocenters. The first-order chi connectivity index (χ1) is 9.15. The van der Waals surface area contributed by atoms with Crippen LogP contribution in [-0.4, -0.2) is 26.9 Å². The van der Waals surface area contributed by atoms with Gasteiger partial charge in [0.25, 0.3) is 0 Å². The first-order valence-electron chi connectivity index (χ1n) is 5.96. The summed E-state index contributed by atoms with van der Waals surface area (Å²) in [5, 5.41) is 9.06. The first kappa shape index (κ1) is 13.0. The van der Waals surface area contributed by atoms with Crippen molar-refractivity contribution in [1.29, 1.82) is 0 Å². The number of benzene rings is 1. The molecule has 2 aromatic rings. The van der Waals surface area contributed by atoms with E-state index in [1.165, 1.54) is 6.20 Å². The van der Waals surface area contributed by atoms with Crippen LogP contribution in [0.4, 0.5) is 0 Å². The van der Waals surface area contributed by atoms with Crippen LogP contribution in [-0.2, 0) is 13.0 Å². The lowest BCUT2D eigenvalue weighted by Crippen LogP contribution is -2.06. The molecule has 0 aliphatic rings. The number of rotatable bonds is 5. The summed E-state index contributed by atoms with van der Waals surface area (Å²) in [5.41, 5.74) is 2.56. The number of carboxylic acid groups (broad SMARTS) is 1. The van der Waals surface area contributed by atoms with Gasteiger partial charge in [0, 0.05) is 6.54 Å². The molecule has 5 nitrogen and oxygen atoms in total. The number of carboxylic acids is 1. The lowest BCUT2D eigenvalue weighted by atomic mass is 10.0. The molecule has 0 aliphatic carbocycles. The third kappa shape index (κ3) is 2.70. The number of hydrogen-bond donors (Lipinski definition) is 1. The Hall–Kier alpha value is -2.43. The molecule has 0 bridgehead atoms. The van der Waals surface area contributed by atoms with Crippen LogP contribution in [0.5, 0.6) is 0 Å². The van der Waals surface area contributed by atoms with E-state index in [1.54, 1.807) is 23.0 Å². The normalized spacial score (nSPS) is 10.4. The van der Waals surface area contributed by atoms with Gasteiger partial charge in [-0.3, -0.25) is 4.79 Å². The average molecular weight is 258 g/mol. The zero-order valence-electron chi connectivity index (χ0n) is 10.5. The Morgan fingerprint density at radius 3 is 2.89 bits per heavy atom. The molecular weight excluding hydrogens is 244 g/mol. The zero-order chi connectivity index (χ0) is 13.8. The Balaban J connectivity index is 2.31. The van der Waals surface area contributed by atoms with Crippen LogP contribution in [0.25, 0.3) is 0 Å². The number of aldehydes is 1. The van der Waals surface area contributed by atoms with Gasteiger partial charge in [-0.25, -0.2) is 9.78 Å². The van der Waals surface area contributed by atoms with Gasteiger partial charge in [0.1, 0.15) is 5.69 Å². The molecule has 0 atom stereocenters. The van der Waals surface area contributed by atoms with Crippen molar-refractivity contribution in [1.82, 2.24) is 9.55 Å². The van der Waals surface area contributed by atoms with E-state index in [1.807, 2.05) is 13.0 Å². The number of aromatic nitrogens is 2. The van der Waals surface area contributed by atoms with Gasteiger partial charge in [0.15, 0.2) is 6.29 Å². The van der Waals surface area contributed by atoms with Crippen molar-refractivity contribution in [2.24, 2.45) is 0 Å². The largest absolute Gasteiger partial charge is 0.478 e. The molecular formula is C14H14N2O3. The van der Waals surface area contributed by atoms with Gasteiger partial charge < -0.3 is 9.67 Å². The van der Waals surface area contributed by atoms with Gasteiger partial charge in [0.2, 0.25) is 0 Å². The molecule has 0 fully saturated rings. The van der Waals surface area contributed by atoms with E-state index < -0.39 is 5.97 Å². The number of imidazole rings is 1. The van der Waals surface area contributed by atoms with Crippen molar-refractivity contribution in [3.63, 3.8) is 0 Å². The SMILES string of the molecule is CCc1cc(Cn2cncc2C=O)ccc1C(=O)O. The molecule has 1 aromatic carbocycles.